The molecule has 0 amide bonds. The molecule has 0 aromatic heterocycles. The smallest absolute Gasteiger partial charge is 0.343 e. The molecular weight excluding hydrogens is 244 g/mol. The fourth-order valence-electron chi connectivity index (χ4n) is 1.23. The van der Waals surface area contributed by atoms with Gasteiger partial charge in [-0.2, -0.15) is 10.2 Å². The first-order valence-corrected chi connectivity index (χ1v) is 5.83. The lowest BCUT2D eigenvalue weighted by atomic mass is 10.2. The number of allylic oxidation sites excluding steroid dienone is 1. The van der Waals surface area contributed by atoms with Crippen molar-refractivity contribution in [1.29, 1.82) is 0 Å². The minimum atomic E-state index is -0.624. The van der Waals surface area contributed by atoms with E-state index in [9.17, 15) is 9.90 Å². The number of carbonyl (C=O) groups excluding carboxylic acids is 1. The molecule has 100 valence electrons. The molecule has 0 radical (unpaired) electrons. The first-order valence-electron chi connectivity index (χ1n) is 5.83. The molecule has 0 atom stereocenters. The molecule has 0 bridgehead atoms. The lowest BCUT2D eigenvalue weighted by Gasteiger charge is -2.01. The molecule has 1 rings (SSSR count). The maximum absolute atomic E-state index is 11.5. The number of ether oxygens (including phenoxy) is 1. The second-order valence-electron chi connectivity index (χ2n) is 3.62. The number of aliphatic hydroxyl groups is 1. The van der Waals surface area contributed by atoms with Crippen LogP contribution in [-0.4, -0.2) is 30.1 Å². The van der Waals surface area contributed by atoms with Crippen LogP contribution >= 0.6 is 0 Å². The molecule has 0 unspecified atom stereocenters. The Hall–Kier alpha value is -2.43. The first-order chi connectivity index (χ1) is 9.15. The summed E-state index contributed by atoms with van der Waals surface area (Å²) in [4.78, 5) is 11.5. The van der Waals surface area contributed by atoms with Gasteiger partial charge in [-0.25, -0.2) is 4.79 Å². The van der Waals surface area contributed by atoms with Gasteiger partial charge in [0.05, 0.1) is 19.0 Å². The highest BCUT2D eigenvalue weighted by molar-refractivity contribution is 6.09. The summed E-state index contributed by atoms with van der Waals surface area (Å²) in [6.45, 7) is 3.31. The topological polar surface area (TPSA) is 71.2 Å². The SMILES string of the molecule is CCOC(=O)C(C=N/N=C/c1ccccc1)=C(C)O. The summed E-state index contributed by atoms with van der Waals surface area (Å²) in [7, 11) is 0. The summed E-state index contributed by atoms with van der Waals surface area (Å²) in [5.74, 6) is -0.779. The zero-order valence-corrected chi connectivity index (χ0v) is 10.9. The van der Waals surface area contributed by atoms with Crippen molar-refractivity contribution in [2.75, 3.05) is 6.61 Å². The summed E-state index contributed by atoms with van der Waals surface area (Å²) in [6, 6.07) is 9.41. The van der Waals surface area contributed by atoms with Gasteiger partial charge in [-0.3, -0.25) is 0 Å². The Morgan fingerprint density at radius 1 is 1.32 bits per heavy atom. The number of hydrogen-bond donors (Lipinski definition) is 1. The highest BCUT2D eigenvalue weighted by Crippen LogP contribution is 2.01. The van der Waals surface area contributed by atoms with Crippen molar-refractivity contribution in [2.24, 2.45) is 10.2 Å². The first kappa shape index (κ1) is 14.6. The van der Waals surface area contributed by atoms with Crippen molar-refractivity contribution < 1.29 is 14.6 Å². The van der Waals surface area contributed by atoms with Gasteiger partial charge in [0, 0.05) is 0 Å². The number of nitrogens with zero attached hydrogens (tertiary/aromatic N) is 2. The van der Waals surface area contributed by atoms with E-state index in [1.807, 2.05) is 30.3 Å². The van der Waals surface area contributed by atoms with Gasteiger partial charge in [0.15, 0.2) is 0 Å². The Morgan fingerprint density at radius 2 is 2.00 bits per heavy atom. The van der Waals surface area contributed by atoms with E-state index >= 15 is 0 Å². The lowest BCUT2D eigenvalue weighted by Crippen LogP contribution is -2.10. The van der Waals surface area contributed by atoms with Crippen molar-refractivity contribution in [3.05, 3.63) is 47.2 Å². The van der Waals surface area contributed by atoms with E-state index in [1.54, 1.807) is 13.1 Å². The number of carbonyl (C=O) groups is 1. The second kappa shape index (κ2) is 7.81. The van der Waals surface area contributed by atoms with Crippen LogP contribution in [0.1, 0.15) is 19.4 Å². The molecule has 0 aliphatic rings. The van der Waals surface area contributed by atoms with Gasteiger partial charge in [-0.05, 0) is 19.4 Å². The molecule has 0 fully saturated rings. The monoisotopic (exact) mass is 260 g/mol. The number of rotatable bonds is 5. The van der Waals surface area contributed by atoms with Gasteiger partial charge in [0.2, 0.25) is 0 Å². The largest absolute Gasteiger partial charge is 0.512 e. The number of aliphatic hydroxyl groups excluding tert-OH is 1. The summed E-state index contributed by atoms with van der Waals surface area (Å²) >= 11 is 0. The predicted octanol–water partition coefficient (Wildman–Crippen LogP) is 2.49. The Labute approximate surface area is 111 Å². The molecule has 1 aromatic rings. The zero-order chi connectivity index (χ0) is 14.1. The van der Waals surface area contributed by atoms with Crippen molar-refractivity contribution in [3.63, 3.8) is 0 Å². The minimum absolute atomic E-state index is 0.00735. The fourth-order valence-corrected chi connectivity index (χ4v) is 1.23. The minimum Gasteiger partial charge on any atom is -0.512 e. The molecule has 0 aliphatic heterocycles. The van der Waals surface area contributed by atoms with Crippen molar-refractivity contribution >= 4 is 18.4 Å². The molecule has 5 nitrogen and oxygen atoms in total. The van der Waals surface area contributed by atoms with Crippen LogP contribution in [0, 0.1) is 0 Å². The van der Waals surface area contributed by atoms with Gasteiger partial charge in [0.25, 0.3) is 0 Å². The normalized spacial score (nSPS) is 12.7. The highest BCUT2D eigenvalue weighted by Gasteiger charge is 2.11. The Balaban J connectivity index is 2.71. The van der Waals surface area contributed by atoms with Crippen LogP contribution in [0.25, 0.3) is 0 Å². The third-order valence-electron chi connectivity index (χ3n) is 2.15. The van der Waals surface area contributed by atoms with E-state index in [4.69, 9.17) is 4.74 Å². The van der Waals surface area contributed by atoms with Crippen LogP contribution in [0.5, 0.6) is 0 Å². The molecule has 0 saturated carbocycles. The van der Waals surface area contributed by atoms with Crippen molar-refractivity contribution in [3.8, 4) is 0 Å². The van der Waals surface area contributed by atoms with Crippen molar-refractivity contribution in [2.45, 2.75) is 13.8 Å². The van der Waals surface area contributed by atoms with Gasteiger partial charge in [0.1, 0.15) is 11.3 Å². The average Bonchev–Trinajstić information content (AvgIpc) is 2.39. The molecule has 19 heavy (non-hydrogen) atoms. The molecule has 1 N–H and O–H groups in total. The predicted molar refractivity (Wildman–Crippen MR) is 74.5 cm³/mol. The lowest BCUT2D eigenvalue weighted by molar-refractivity contribution is -0.138. The number of hydrogen-bond acceptors (Lipinski definition) is 5. The van der Waals surface area contributed by atoms with Crippen LogP contribution in [0.2, 0.25) is 0 Å². The summed E-state index contributed by atoms with van der Waals surface area (Å²) in [5, 5.41) is 16.9. The molecule has 1 aromatic carbocycles. The molecule has 0 saturated heterocycles. The molecule has 0 heterocycles. The van der Waals surface area contributed by atoms with Crippen LogP contribution < -0.4 is 0 Å². The second-order valence-corrected chi connectivity index (χ2v) is 3.62. The third kappa shape index (κ3) is 5.16. The molecule has 0 spiro atoms. The van der Waals surface area contributed by atoms with E-state index in [1.165, 1.54) is 13.1 Å². The van der Waals surface area contributed by atoms with Gasteiger partial charge in [-0.1, -0.05) is 30.3 Å². The number of benzene rings is 1. The van der Waals surface area contributed by atoms with E-state index < -0.39 is 5.97 Å². The maximum atomic E-state index is 11.5. The van der Waals surface area contributed by atoms with E-state index in [0.29, 0.717) is 0 Å². The standard InChI is InChI=1S/C14H16N2O3/c1-3-19-14(18)13(11(2)17)10-16-15-9-12-7-5-4-6-8-12/h4-10,17H,3H2,1-2H3/b13-11?,15-9+,16-10?. The van der Waals surface area contributed by atoms with Crippen LogP contribution in [0.3, 0.4) is 0 Å². The maximum Gasteiger partial charge on any atom is 0.343 e. The summed E-state index contributed by atoms with van der Waals surface area (Å²) in [5.41, 5.74) is 0.883. The fraction of sp³-hybridized carbons (Fsp3) is 0.214. The van der Waals surface area contributed by atoms with Crippen LogP contribution in [0.4, 0.5) is 0 Å². The van der Waals surface area contributed by atoms with E-state index in [0.717, 1.165) is 5.56 Å². The van der Waals surface area contributed by atoms with Gasteiger partial charge < -0.3 is 9.84 Å². The average molecular weight is 260 g/mol. The Morgan fingerprint density at radius 3 is 2.58 bits per heavy atom. The molecule has 5 heteroatoms. The zero-order valence-electron chi connectivity index (χ0n) is 10.9. The van der Waals surface area contributed by atoms with E-state index in [2.05, 4.69) is 10.2 Å². The summed E-state index contributed by atoms with van der Waals surface area (Å²) < 4.78 is 4.78. The highest BCUT2D eigenvalue weighted by atomic mass is 16.5. The number of esters is 1. The van der Waals surface area contributed by atoms with Gasteiger partial charge in [-0.15, -0.1) is 0 Å². The molecular formula is C14H16N2O3. The van der Waals surface area contributed by atoms with Gasteiger partial charge >= 0.3 is 5.97 Å². The Bertz CT molecular complexity index is 501. The van der Waals surface area contributed by atoms with Crippen molar-refractivity contribution in [1.82, 2.24) is 0 Å². The van der Waals surface area contributed by atoms with Crippen LogP contribution in [0.15, 0.2) is 51.9 Å². The van der Waals surface area contributed by atoms with E-state index in [-0.39, 0.29) is 17.9 Å². The summed E-state index contributed by atoms with van der Waals surface area (Å²) in [6.07, 6.45) is 2.72. The molecule has 0 aliphatic carbocycles. The van der Waals surface area contributed by atoms with Crippen LogP contribution in [-0.2, 0) is 9.53 Å². The third-order valence-corrected chi connectivity index (χ3v) is 2.15. The quantitative estimate of drug-likeness (QED) is 0.291. The Kier molecular flexibility index (Phi) is 6.02.